The van der Waals surface area contributed by atoms with E-state index in [1.54, 1.807) is 4.90 Å². The van der Waals surface area contributed by atoms with E-state index in [2.05, 4.69) is 13.8 Å². The van der Waals surface area contributed by atoms with Crippen LogP contribution < -0.4 is 9.47 Å². The van der Waals surface area contributed by atoms with E-state index in [0.717, 1.165) is 37.2 Å². The molecule has 2 rings (SSSR count). The molecule has 1 aliphatic heterocycles. The molecule has 2 amide bonds. The molecule has 0 bridgehead atoms. The van der Waals surface area contributed by atoms with E-state index >= 15 is 0 Å². The first-order chi connectivity index (χ1) is 12.0. The average molecular weight is 348 g/mol. The van der Waals surface area contributed by atoms with E-state index in [-0.39, 0.29) is 18.6 Å². The van der Waals surface area contributed by atoms with Crippen LogP contribution in [0.4, 0.5) is 0 Å². The van der Waals surface area contributed by atoms with Crippen molar-refractivity contribution in [3.63, 3.8) is 0 Å². The lowest BCUT2D eigenvalue weighted by Crippen LogP contribution is -2.36. The third-order valence-corrected chi connectivity index (χ3v) is 4.19. The van der Waals surface area contributed by atoms with Gasteiger partial charge < -0.3 is 19.3 Å². The Morgan fingerprint density at radius 3 is 2.32 bits per heavy atom. The molecule has 1 heterocycles. The molecule has 0 aromatic heterocycles. The van der Waals surface area contributed by atoms with Gasteiger partial charge in [0.1, 0.15) is 0 Å². The normalized spacial score (nSPS) is 12.1. The smallest absolute Gasteiger partial charge is 0.231 e. The highest BCUT2D eigenvalue weighted by atomic mass is 16.7. The van der Waals surface area contributed by atoms with Crippen LogP contribution in [0, 0.1) is 0 Å². The Bertz CT molecular complexity index is 597. The monoisotopic (exact) mass is 348 g/mol. The fraction of sp³-hybridized carbons (Fsp3) is 0.579. The topological polar surface area (TPSA) is 59.1 Å². The summed E-state index contributed by atoms with van der Waals surface area (Å²) in [6.45, 7) is 8.33. The molecule has 6 nitrogen and oxygen atoms in total. The number of hydrogen-bond acceptors (Lipinski definition) is 4. The molecule has 1 aliphatic rings. The lowest BCUT2D eigenvalue weighted by atomic mass is 10.2. The number of benzene rings is 1. The van der Waals surface area contributed by atoms with Gasteiger partial charge in [0.2, 0.25) is 18.6 Å². The van der Waals surface area contributed by atoms with Crippen LogP contribution in [0.25, 0.3) is 0 Å². The maximum atomic E-state index is 12.4. The number of nitrogens with zero attached hydrogens (tertiary/aromatic N) is 2. The number of fused-ring (bicyclic) bond motifs is 1. The highest BCUT2D eigenvalue weighted by molar-refractivity contribution is 5.78. The maximum absolute atomic E-state index is 12.4. The Labute approximate surface area is 149 Å². The van der Waals surface area contributed by atoms with Crippen molar-refractivity contribution in [3.8, 4) is 11.5 Å². The van der Waals surface area contributed by atoms with Crippen LogP contribution in [0.2, 0.25) is 0 Å². The van der Waals surface area contributed by atoms with Crippen LogP contribution in [0.15, 0.2) is 18.2 Å². The second-order valence-corrected chi connectivity index (χ2v) is 6.26. The molecule has 25 heavy (non-hydrogen) atoms. The minimum absolute atomic E-state index is 0.0389. The fourth-order valence-corrected chi connectivity index (χ4v) is 2.90. The van der Waals surface area contributed by atoms with Crippen molar-refractivity contribution in [1.82, 2.24) is 9.80 Å². The third-order valence-electron chi connectivity index (χ3n) is 4.19. The zero-order valence-corrected chi connectivity index (χ0v) is 15.4. The van der Waals surface area contributed by atoms with Gasteiger partial charge in [-0.15, -0.1) is 0 Å². The average Bonchev–Trinajstić information content (AvgIpc) is 3.05. The first-order valence-corrected chi connectivity index (χ1v) is 8.97. The Morgan fingerprint density at radius 2 is 1.68 bits per heavy atom. The van der Waals surface area contributed by atoms with E-state index in [1.165, 1.54) is 6.92 Å². The molecule has 138 valence electrons. The molecule has 6 heteroatoms. The van der Waals surface area contributed by atoms with Gasteiger partial charge in [-0.3, -0.25) is 9.59 Å². The Morgan fingerprint density at radius 1 is 1.00 bits per heavy atom. The summed E-state index contributed by atoms with van der Waals surface area (Å²) >= 11 is 0. The van der Waals surface area contributed by atoms with Gasteiger partial charge in [-0.25, -0.2) is 0 Å². The molecule has 0 saturated heterocycles. The number of amides is 2. The quantitative estimate of drug-likeness (QED) is 0.688. The Kier molecular flexibility index (Phi) is 7.10. The lowest BCUT2D eigenvalue weighted by molar-refractivity contribution is -0.133. The first kappa shape index (κ1) is 19.1. The minimum Gasteiger partial charge on any atom is -0.454 e. The van der Waals surface area contributed by atoms with E-state index in [1.807, 2.05) is 23.1 Å². The van der Waals surface area contributed by atoms with E-state index in [9.17, 15) is 9.59 Å². The van der Waals surface area contributed by atoms with Crippen molar-refractivity contribution < 1.29 is 19.1 Å². The van der Waals surface area contributed by atoms with Gasteiger partial charge in [-0.1, -0.05) is 19.9 Å². The fourth-order valence-electron chi connectivity index (χ4n) is 2.90. The highest BCUT2D eigenvalue weighted by Gasteiger charge is 2.18. The number of hydrogen-bond donors (Lipinski definition) is 0. The van der Waals surface area contributed by atoms with Crippen LogP contribution in [-0.4, -0.2) is 48.0 Å². The van der Waals surface area contributed by atoms with Gasteiger partial charge in [0, 0.05) is 39.5 Å². The molecular formula is C19H28N2O4. The van der Waals surface area contributed by atoms with Crippen LogP contribution in [0.3, 0.4) is 0 Å². The number of rotatable bonds is 9. The van der Waals surface area contributed by atoms with Gasteiger partial charge in [0.25, 0.3) is 0 Å². The maximum Gasteiger partial charge on any atom is 0.231 e. The number of ether oxygens (including phenoxy) is 2. The van der Waals surface area contributed by atoms with Gasteiger partial charge >= 0.3 is 0 Å². The van der Waals surface area contributed by atoms with E-state index in [4.69, 9.17) is 9.47 Å². The van der Waals surface area contributed by atoms with Crippen molar-refractivity contribution in [2.75, 3.05) is 26.4 Å². The molecule has 0 unspecified atom stereocenters. The van der Waals surface area contributed by atoms with E-state index < -0.39 is 0 Å². The highest BCUT2D eigenvalue weighted by Crippen LogP contribution is 2.32. The van der Waals surface area contributed by atoms with Crippen molar-refractivity contribution in [3.05, 3.63) is 23.8 Å². The van der Waals surface area contributed by atoms with Crippen LogP contribution in [-0.2, 0) is 16.1 Å². The van der Waals surface area contributed by atoms with Gasteiger partial charge in [-0.05, 0) is 30.5 Å². The van der Waals surface area contributed by atoms with Crippen molar-refractivity contribution >= 4 is 11.8 Å². The van der Waals surface area contributed by atoms with Crippen molar-refractivity contribution in [2.24, 2.45) is 0 Å². The predicted molar refractivity (Wildman–Crippen MR) is 95.4 cm³/mol. The first-order valence-electron chi connectivity index (χ1n) is 8.97. The molecule has 0 fully saturated rings. The predicted octanol–water partition coefficient (Wildman–Crippen LogP) is 2.80. The molecule has 0 aliphatic carbocycles. The summed E-state index contributed by atoms with van der Waals surface area (Å²) in [5.41, 5.74) is 0.964. The van der Waals surface area contributed by atoms with Crippen molar-refractivity contribution in [2.45, 2.75) is 46.6 Å². The molecule has 0 atom stereocenters. The number of carbonyl (C=O) groups excluding carboxylic acids is 2. The SMILES string of the molecule is CCCN(CCC)C(=O)CCN(Cc1ccc2c(c1)OCO2)C(C)=O. The third kappa shape index (κ3) is 5.37. The standard InChI is InChI=1S/C19H28N2O4/c1-4-9-20(10-5-2)19(23)8-11-21(15(3)22)13-16-6-7-17-18(12-16)25-14-24-17/h6-7,12H,4-5,8-11,13-14H2,1-3H3. The summed E-state index contributed by atoms with van der Waals surface area (Å²) < 4.78 is 10.7. The molecule has 1 aromatic carbocycles. The summed E-state index contributed by atoms with van der Waals surface area (Å²) in [5, 5.41) is 0. The Hall–Kier alpha value is -2.24. The van der Waals surface area contributed by atoms with Crippen LogP contribution in [0.1, 0.15) is 45.6 Å². The van der Waals surface area contributed by atoms with Crippen molar-refractivity contribution in [1.29, 1.82) is 0 Å². The molecule has 0 saturated carbocycles. The molecule has 0 N–H and O–H groups in total. The van der Waals surface area contributed by atoms with Crippen LogP contribution in [0.5, 0.6) is 11.5 Å². The molecule has 0 spiro atoms. The summed E-state index contributed by atoms with van der Waals surface area (Å²) in [7, 11) is 0. The minimum atomic E-state index is -0.0389. The molecule has 0 radical (unpaired) electrons. The summed E-state index contributed by atoms with van der Waals surface area (Å²) in [5.74, 6) is 1.50. The summed E-state index contributed by atoms with van der Waals surface area (Å²) in [6.07, 6.45) is 2.24. The number of carbonyl (C=O) groups is 2. The lowest BCUT2D eigenvalue weighted by Gasteiger charge is -2.25. The molecule has 1 aromatic rings. The Balaban J connectivity index is 1.94. The largest absolute Gasteiger partial charge is 0.454 e. The zero-order chi connectivity index (χ0) is 18.2. The second kappa shape index (κ2) is 9.30. The zero-order valence-electron chi connectivity index (χ0n) is 15.4. The van der Waals surface area contributed by atoms with E-state index in [0.29, 0.717) is 25.3 Å². The van der Waals surface area contributed by atoms with Gasteiger partial charge in [0.05, 0.1) is 0 Å². The second-order valence-electron chi connectivity index (χ2n) is 6.26. The summed E-state index contributed by atoms with van der Waals surface area (Å²) in [4.78, 5) is 28.0. The molecular weight excluding hydrogens is 320 g/mol. The van der Waals surface area contributed by atoms with Gasteiger partial charge in [0.15, 0.2) is 11.5 Å². The van der Waals surface area contributed by atoms with Gasteiger partial charge in [-0.2, -0.15) is 0 Å². The summed E-state index contributed by atoms with van der Waals surface area (Å²) in [6, 6.07) is 5.66. The van der Waals surface area contributed by atoms with Crippen LogP contribution >= 0.6 is 0 Å².